The molecule has 0 bridgehead atoms. The van der Waals surface area contributed by atoms with E-state index >= 15 is 0 Å². The molecule has 0 saturated heterocycles. The van der Waals surface area contributed by atoms with Crippen LogP contribution in [0.15, 0.2) is 16.7 Å². The van der Waals surface area contributed by atoms with E-state index in [1.165, 1.54) is 12.1 Å². The highest BCUT2D eigenvalue weighted by atomic mass is 79.9. The number of nitrogens with two attached hydrogens (primary N) is 1. The van der Waals surface area contributed by atoms with E-state index < -0.39 is 5.91 Å². The molecule has 0 aliphatic heterocycles. The first-order chi connectivity index (χ1) is 5.11. The molecule has 0 spiro atoms. The highest BCUT2D eigenvalue weighted by Gasteiger charge is 2.04. The number of aromatic hydroxyl groups is 1. The largest absolute Gasteiger partial charge is 0.505 e. The first kappa shape index (κ1) is 8.00. The van der Waals surface area contributed by atoms with Crippen molar-refractivity contribution in [2.45, 2.75) is 0 Å². The molecule has 3 N–H and O–H groups in total. The van der Waals surface area contributed by atoms with Crippen molar-refractivity contribution >= 4 is 21.8 Å². The number of pyridine rings is 1. The highest BCUT2D eigenvalue weighted by molar-refractivity contribution is 9.10. The molecule has 1 rings (SSSR count). The Labute approximate surface area is 71.2 Å². The summed E-state index contributed by atoms with van der Waals surface area (Å²) < 4.78 is 0.216. The minimum Gasteiger partial charge on any atom is -0.505 e. The van der Waals surface area contributed by atoms with Gasteiger partial charge in [-0.3, -0.25) is 4.79 Å². The first-order valence-corrected chi connectivity index (χ1v) is 3.56. The zero-order valence-corrected chi connectivity index (χ0v) is 7.00. The predicted octanol–water partition coefficient (Wildman–Crippen LogP) is 0.649. The molecule has 5 heteroatoms. The number of amides is 1. The highest BCUT2D eigenvalue weighted by Crippen LogP contribution is 2.20. The van der Waals surface area contributed by atoms with Crippen LogP contribution in [0.5, 0.6) is 5.75 Å². The van der Waals surface area contributed by atoms with E-state index in [0.717, 1.165) is 0 Å². The summed E-state index contributed by atoms with van der Waals surface area (Å²) in [6.07, 6.45) is 0. The van der Waals surface area contributed by atoms with Gasteiger partial charge < -0.3 is 10.8 Å². The van der Waals surface area contributed by atoms with Crippen molar-refractivity contribution in [1.29, 1.82) is 0 Å². The van der Waals surface area contributed by atoms with Crippen LogP contribution >= 0.6 is 15.9 Å². The molecular weight excluding hydrogens is 212 g/mol. The van der Waals surface area contributed by atoms with Gasteiger partial charge in [-0.25, -0.2) is 4.98 Å². The van der Waals surface area contributed by atoms with Gasteiger partial charge in [0.05, 0.1) is 0 Å². The number of carbonyl (C=O) groups excluding carboxylic acids is 1. The van der Waals surface area contributed by atoms with Gasteiger partial charge in [-0.15, -0.1) is 0 Å². The van der Waals surface area contributed by atoms with Gasteiger partial charge in [-0.2, -0.15) is 0 Å². The Morgan fingerprint density at radius 3 is 2.73 bits per heavy atom. The van der Waals surface area contributed by atoms with E-state index in [1.807, 2.05) is 0 Å². The predicted molar refractivity (Wildman–Crippen MR) is 42.1 cm³/mol. The maximum Gasteiger partial charge on any atom is 0.267 e. The lowest BCUT2D eigenvalue weighted by Crippen LogP contribution is -2.12. The Balaban J connectivity index is 3.15. The molecule has 11 heavy (non-hydrogen) atoms. The monoisotopic (exact) mass is 216 g/mol. The summed E-state index contributed by atoms with van der Waals surface area (Å²) in [5.74, 6) is -0.638. The fraction of sp³-hybridized carbons (Fsp3) is 0. The average molecular weight is 217 g/mol. The Kier molecular flexibility index (Phi) is 2.09. The number of rotatable bonds is 1. The van der Waals surface area contributed by atoms with E-state index in [2.05, 4.69) is 20.9 Å². The Hall–Kier alpha value is -1.10. The molecule has 1 heterocycles. The Bertz CT molecular complexity index is 301. The van der Waals surface area contributed by atoms with Gasteiger partial charge >= 0.3 is 0 Å². The number of primary amides is 1. The van der Waals surface area contributed by atoms with Crippen molar-refractivity contribution in [2.24, 2.45) is 5.73 Å². The second-order valence-electron chi connectivity index (χ2n) is 1.87. The third kappa shape index (κ3) is 1.68. The number of halogens is 1. The fourth-order valence-corrected chi connectivity index (χ4v) is 0.887. The van der Waals surface area contributed by atoms with Gasteiger partial charge in [0.1, 0.15) is 16.0 Å². The van der Waals surface area contributed by atoms with E-state index in [1.54, 1.807) is 0 Å². The summed E-state index contributed by atoms with van der Waals surface area (Å²) in [5.41, 5.74) is 5.05. The summed E-state index contributed by atoms with van der Waals surface area (Å²) in [6, 6.07) is 2.69. The lowest BCUT2D eigenvalue weighted by molar-refractivity contribution is 0.0995. The van der Waals surface area contributed by atoms with Crippen molar-refractivity contribution < 1.29 is 9.90 Å². The van der Waals surface area contributed by atoms with Crippen LogP contribution in [-0.2, 0) is 0 Å². The summed E-state index contributed by atoms with van der Waals surface area (Å²) in [6.45, 7) is 0. The third-order valence-corrected chi connectivity index (χ3v) is 1.67. The first-order valence-electron chi connectivity index (χ1n) is 2.76. The van der Waals surface area contributed by atoms with Gasteiger partial charge in [0, 0.05) is 0 Å². The van der Waals surface area contributed by atoms with E-state index in [4.69, 9.17) is 10.8 Å². The molecule has 1 amide bonds. The van der Waals surface area contributed by atoms with Crippen molar-refractivity contribution in [3.8, 4) is 5.75 Å². The molecule has 0 radical (unpaired) electrons. The van der Waals surface area contributed by atoms with E-state index in [0.29, 0.717) is 0 Å². The van der Waals surface area contributed by atoms with Crippen LogP contribution in [0.4, 0.5) is 0 Å². The van der Waals surface area contributed by atoms with E-state index in [9.17, 15) is 4.79 Å². The van der Waals surface area contributed by atoms with Crippen molar-refractivity contribution in [3.63, 3.8) is 0 Å². The quantitative estimate of drug-likeness (QED) is 0.678. The minimum atomic E-state index is -0.620. The molecule has 0 atom stereocenters. The Morgan fingerprint density at radius 2 is 2.27 bits per heavy atom. The van der Waals surface area contributed by atoms with Crippen LogP contribution in [0.1, 0.15) is 10.5 Å². The summed E-state index contributed by atoms with van der Waals surface area (Å²) in [4.78, 5) is 14.2. The van der Waals surface area contributed by atoms with Gasteiger partial charge in [0.2, 0.25) is 0 Å². The molecule has 4 nitrogen and oxygen atoms in total. The molecule has 58 valence electrons. The molecule has 0 fully saturated rings. The SMILES string of the molecule is NC(=O)c1ccc(O)c(Br)n1. The summed E-state index contributed by atoms with van der Waals surface area (Å²) in [7, 11) is 0. The average Bonchev–Trinajstić information content (AvgIpc) is 1.94. The Morgan fingerprint density at radius 1 is 1.64 bits per heavy atom. The van der Waals surface area contributed by atoms with Crippen molar-refractivity contribution in [3.05, 3.63) is 22.4 Å². The van der Waals surface area contributed by atoms with Crippen molar-refractivity contribution in [2.75, 3.05) is 0 Å². The number of hydrogen-bond donors (Lipinski definition) is 2. The molecule has 0 unspecified atom stereocenters. The van der Waals surface area contributed by atoms with Crippen LogP contribution in [-0.4, -0.2) is 16.0 Å². The molecule has 0 saturated carbocycles. The van der Waals surface area contributed by atoms with Crippen LogP contribution in [0.3, 0.4) is 0 Å². The van der Waals surface area contributed by atoms with Crippen molar-refractivity contribution in [1.82, 2.24) is 4.98 Å². The summed E-state index contributed by atoms with van der Waals surface area (Å²) >= 11 is 2.95. The van der Waals surface area contributed by atoms with Crippen LogP contribution in [0.2, 0.25) is 0 Å². The lowest BCUT2D eigenvalue weighted by Gasteiger charge is -1.96. The standard InChI is InChI=1S/C6H5BrN2O2/c7-5-4(10)2-1-3(9-5)6(8)11/h1-2,10H,(H2,8,11). The third-order valence-electron chi connectivity index (χ3n) is 1.08. The molecule has 0 aliphatic rings. The molecular formula is C6H5BrN2O2. The maximum atomic E-state index is 10.5. The van der Waals surface area contributed by atoms with Crippen LogP contribution in [0.25, 0.3) is 0 Å². The van der Waals surface area contributed by atoms with Gasteiger partial charge in [0.25, 0.3) is 5.91 Å². The van der Waals surface area contributed by atoms with Gasteiger partial charge in [0.15, 0.2) is 0 Å². The number of carbonyl (C=O) groups is 1. The van der Waals surface area contributed by atoms with Crippen LogP contribution in [0, 0.1) is 0 Å². The van der Waals surface area contributed by atoms with Gasteiger partial charge in [-0.1, -0.05) is 0 Å². The summed E-state index contributed by atoms with van der Waals surface area (Å²) in [5, 5.41) is 8.96. The number of aromatic nitrogens is 1. The smallest absolute Gasteiger partial charge is 0.267 e. The van der Waals surface area contributed by atoms with Crippen LogP contribution < -0.4 is 5.73 Å². The van der Waals surface area contributed by atoms with E-state index in [-0.39, 0.29) is 16.0 Å². The zero-order chi connectivity index (χ0) is 8.43. The fourth-order valence-electron chi connectivity index (χ4n) is 0.564. The topological polar surface area (TPSA) is 76.2 Å². The minimum absolute atomic E-state index is 0.0185. The molecule has 0 aromatic carbocycles. The second kappa shape index (κ2) is 2.87. The number of nitrogens with zero attached hydrogens (tertiary/aromatic N) is 1. The molecule has 1 aromatic heterocycles. The molecule has 1 aromatic rings. The van der Waals surface area contributed by atoms with Gasteiger partial charge in [-0.05, 0) is 28.1 Å². The maximum absolute atomic E-state index is 10.5. The zero-order valence-electron chi connectivity index (χ0n) is 5.41. The number of hydrogen-bond acceptors (Lipinski definition) is 3. The lowest BCUT2D eigenvalue weighted by atomic mass is 10.3. The molecule has 0 aliphatic carbocycles. The second-order valence-corrected chi connectivity index (χ2v) is 2.62. The normalized spacial score (nSPS) is 9.55.